The zero-order valence-corrected chi connectivity index (χ0v) is 12.9. The van der Waals surface area contributed by atoms with Gasteiger partial charge in [-0.15, -0.1) is 0 Å². The number of likely N-dealkylation sites (N-methyl/N-ethyl adjacent to an activating group) is 1. The van der Waals surface area contributed by atoms with Gasteiger partial charge in [0.2, 0.25) is 0 Å². The van der Waals surface area contributed by atoms with Crippen LogP contribution >= 0.6 is 0 Å². The van der Waals surface area contributed by atoms with E-state index in [0.717, 1.165) is 25.9 Å². The van der Waals surface area contributed by atoms with E-state index < -0.39 is 0 Å². The minimum absolute atomic E-state index is 0.0942. The molecular formula is C13H31N3O2. The van der Waals surface area contributed by atoms with E-state index in [-0.39, 0.29) is 11.8 Å². The van der Waals surface area contributed by atoms with Crippen molar-refractivity contribution in [3.05, 3.63) is 0 Å². The van der Waals surface area contributed by atoms with E-state index >= 15 is 0 Å². The third-order valence-electron chi connectivity index (χ3n) is 3.59. The Morgan fingerprint density at radius 2 is 1.67 bits per heavy atom. The molecule has 5 nitrogen and oxygen atoms in total. The molecule has 110 valence electrons. The van der Waals surface area contributed by atoms with Gasteiger partial charge in [-0.25, -0.2) is 0 Å². The van der Waals surface area contributed by atoms with E-state index in [2.05, 4.69) is 37.9 Å². The van der Waals surface area contributed by atoms with Crippen LogP contribution in [0.15, 0.2) is 0 Å². The van der Waals surface area contributed by atoms with Crippen LogP contribution in [0.3, 0.4) is 0 Å². The highest BCUT2D eigenvalue weighted by molar-refractivity contribution is 4.86. The van der Waals surface area contributed by atoms with Crippen LogP contribution in [0.5, 0.6) is 0 Å². The molecule has 0 spiro atoms. The Hall–Kier alpha value is -0.200. The first-order valence-corrected chi connectivity index (χ1v) is 6.51. The van der Waals surface area contributed by atoms with Crippen LogP contribution in [0.2, 0.25) is 0 Å². The normalized spacial score (nSPS) is 15.7. The summed E-state index contributed by atoms with van der Waals surface area (Å²) in [6, 6.07) is 0. The monoisotopic (exact) mass is 261 g/mol. The van der Waals surface area contributed by atoms with E-state index in [0.29, 0.717) is 6.54 Å². The molecule has 0 radical (unpaired) electrons. The highest BCUT2D eigenvalue weighted by atomic mass is 16.7. The molecule has 1 atom stereocenters. The quantitative estimate of drug-likeness (QED) is 0.584. The van der Waals surface area contributed by atoms with Crippen molar-refractivity contribution < 1.29 is 9.47 Å². The van der Waals surface area contributed by atoms with Crippen molar-refractivity contribution in [1.82, 2.24) is 9.80 Å². The third-order valence-corrected chi connectivity index (χ3v) is 3.59. The fourth-order valence-corrected chi connectivity index (χ4v) is 1.91. The van der Waals surface area contributed by atoms with Gasteiger partial charge in [0.05, 0.1) is 0 Å². The summed E-state index contributed by atoms with van der Waals surface area (Å²) >= 11 is 0. The van der Waals surface area contributed by atoms with Crippen LogP contribution < -0.4 is 5.73 Å². The molecule has 2 N–H and O–H groups in total. The highest BCUT2D eigenvalue weighted by Gasteiger charge is 2.31. The molecule has 0 bridgehead atoms. The van der Waals surface area contributed by atoms with Crippen LogP contribution in [0.4, 0.5) is 0 Å². The van der Waals surface area contributed by atoms with E-state index in [1.54, 1.807) is 14.2 Å². The molecule has 0 rings (SSSR count). The Balaban J connectivity index is 4.32. The van der Waals surface area contributed by atoms with Gasteiger partial charge in [0, 0.05) is 32.7 Å². The van der Waals surface area contributed by atoms with Crippen LogP contribution in [-0.2, 0) is 9.47 Å². The standard InChI is InChI=1S/C13H31N3O2/c1-13(11-14,10-12(17-5)18-6)16(4)9-7-8-15(2)3/h12H,7-11,14H2,1-6H3. The largest absolute Gasteiger partial charge is 0.356 e. The molecule has 0 saturated heterocycles. The maximum absolute atomic E-state index is 5.93. The second-order valence-electron chi connectivity index (χ2n) is 5.38. The fourth-order valence-electron chi connectivity index (χ4n) is 1.91. The van der Waals surface area contributed by atoms with Crippen molar-refractivity contribution in [2.75, 3.05) is 55.0 Å². The summed E-state index contributed by atoms with van der Waals surface area (Å²) in [6.45, 7) is 4.86. The van der Waals surface area contributed by atoms with E-state index in [4.69, 9.17) is 15.2 Å². The average molecular weight is 261 g/mol. The Labute approximate surface area is 112 Å². The van der Waals surface area contributed by atoms with Crippen LogP contribution in [0.1, 0.15) is 19.8 Å². The first-order valence-electron chi connectivity index (χ1n) is 6.51. The molecule has 0 fully saturated rings. The zero-order valence-electron chi connectivity index (χ0n) is 12.9. The lowest BCUT2D eigenvalue weighted by Gasteiger charge is -2.40. The van der Waals surface area contributed by atoms with Crippen molar-refractivity contribution in [2.24, 2.45) is 5.73 Å². The van der Waals surface area contributed by atoms with Crippen molar-refractivity contribution in [3.63, 3.8) is 0 Å². The molecule has 0 aliphatic heterocycles. The van der Waals surface area contributed by atoms with E-state index in [1.165, 1.54) is 0 Å². The number of ether oxygens (including phenoxy) is 2. The van der Waals surface area contributed by atoms with Crippen molar-refractivity contribution in [1.29, 1.82) is 0 Å². The Bertz CT molecular complexity index is 210. The lowest BCUT2D eigenvalue weighted by Crippen LogP contribution is -2.52. The predicted molar refractivity (Wildman–Crippen MR) is 75.7 cm³/mol. The summed E-state index contributed by atoms with van der Waals surface area (Å²) in [7, 11) is 9.63. The Morgan fingerprint density at radius 3 is 2.06 bits per heavy atom. The van der Waals surface area contributed by atoms with E-state index in [1.807, 2.05) is 0 Å². The second kappa shape index (κ2) is 8.82. The molecule has 0 aromatic carbocycles. The third kappa shape index (κ3) is 6.11. The summed E-state index contributed by atoms with van der Waals surface area (Å²) < 4.78 is 10.6. The van der Waals surface area contributed by atoms with Gasteiger partial charge in [-0.1, -0.05) is 0 Å². The van der Waals surface area contributed by atoms with Crippen LogP contribution in [-0.4, -0.2) is 76.6 Å². The topological polar surface area (TPSA) is 51.0 Å². The zero-order chi connectivity index (χ0) is 14.2. The van der Waals surface area contributed by atoms with Crippen LogP contribution in [0.25, 0.3) is 0 Å². The van der Waals surface area contributed by atoms with Crippen molar-refractivity contribution in [2.45, 2.75) is 31.6 Å². The number of nitrogens with two attached hydrogens (primary N) is 1. The average Bonchev–Trinajstić information content (AvgIpc) is 2.35. The number of methoxy groups -OCH3 is 2. The molecule has 1 unspecified atom stereocenters. The minimum Gasteiger partial charge on any atom is -0.356 e. The summed E-state index contributed by atoms with van der Waals surface area (Å²) in [6.07, 6.45) is 1.70. The first kappa shape index (κ1) is 17.8. The molecule has 0 aromatic heterocycles. The van der Waals surface area contributed by atoms with E-state index in [9.17, 15) is 0 Å². The summed E-state index contributed by atoms with van der Waals surface area (Å²) in [4.78, 5) is 4.50. The number of hydrogen-bond acceptors (Lipinski definition) is 5. The summed E-state index contributed by atoms with van der Waals surface area (Å²) in [5.41, 5.74) is 5.84. The SMILES string of the molecule is COC(CC(C)(CN)N(C)CCCN(C)C)OC. The van der Waals surface area contributed by atoms with Gasteiger partial charge in [0.15, 0.2) is 6.29 Å². The minimum atomic E-state index is -0.199. The van der Waals surface area contributed by atoms with Gasteiger partial charge in [0.25, 0.3) is 0 Å². The van der Waals surface area contributed by atoms with Gasteiger partial charge in [-0.3, -0.25) is 4.90 Å². The predicted octanol–water partition coefficient (Wildman–Crippen LogP) is 0.596. The second-order valence-corrected chi connectivity index (χ2v) is 5.38. The summed E-state index contributed by atoms with van der Waals surface area (Å²) in [5, 5.41) is 0. The van der Waals surface area contributed by atoms with Gasteiger partial charge in [0.1, 0.15) is 0 Å². The lowest BCUT2D eigenvalue weighted by molar-refractivity contribution is -0.126. The smallest absolute Gasteiger partial charge is 0.158 e. The van der Waals surface area contributed by atoms with Gasteiger partial charge in [-0.05, 0) is 47.6 Å². The van der Waals surface area contributed by atoms with Crippen molar-refractivity contribution in [3.8, 4) is 0 Å². The number of nitrogens with zero attached hydrogens (tertiary/aromatic N) is 2. The van der Waals surface area contributed by atoms with Gasteiger partial charge in [-0.2, -0.15) is 0 Å². The molecule has 18 heavy (non-hydrogen) atoms. The molecule has 0 aliphatic rings. The number of hydrogen-bond donors (Lipinski definition) is 1. The molecule has 0 heterocycles. The maximum atomic E-state index is 5.93. The van der Waals surface area contributed by atoms with Crippen molar-refractivity contribution >= 4 is 0 Å². The highest BCUT2D eigenvalue weighted by Crippen LogP contribution is 2.20. The maximum Gasteiger partial charge on any atom is 0.158 e. The Morgan fingerprint density at radius 1 is 1.11 bits per heavy atom. The molecule has 0 aliphatic carbocycles. The molecule has 0 amide bonds. The summed E-state index contributed by atoms with van der Waals surface area (Å²) in [5.74, 6) is 0. The Kier molecular flexibility index (Phi) is 8.73. The molecule has 5 heteroatoms. The lowest BCUT2D eigenvalue weighted by atomic mass is 9.95. The van der Waals surface area contributed by atoms with Gasteiger partial charge >= 0.3 is 0 Å². The molecule has 0 aromatic rings. The fraction of sp³-hybridized carbons (Fsp3) is 1.00. The molecular weight excluding hydrogens is 230 g/mol. The van der Waals surface area contributed by atoms with Gasteiger partial charge < -0.3 is 20.1 Å². The first-order chi connectivity index (χ1) is 8.39. The number of rotatable bonds is 10. The molecule has 0 saturated carbocycles. The van der Waals surface area contributed by atoms with Crippen LogP contribution in [0, 0.1) is 0 Å².